The molecule has 0 radical (unpaired) electrons. The van der Waals surface area contributed by atoms with Gasteiger partial charge in [0.2, 0.25) is 0 Å². The molecule has 2 unspecified atom stereocenters. The van der Waals surface area contributed by atoms with Crippen LogP contribution in [0, 0.1) is 0 Å². The second-order valence-corrected chi connectivity index (χ2v) is 6.33. The van der Waals surface area contributed by atoms with E-state index < -0.39 is 0 Å². The van der Waals surface area contributed by atoms with Crippen LogP contribution in [-0.4, -0.2) is 35.0 Å². The largest absolute Gasteiger partial charge is 0.399 e. The van der Waals surface area contributed by atoms with E-state index in [0.717, 1.165) is 23.9 Å². The van der Waals surface area contributed by atoms with Gasteiger partial charge in [-0.05, 0) is 31.0 Å². The highest BCUT2D eigenvalue weighted by atomic mass is 32.2. The maximum Gasteiger partial charge on any atom is 0.0316 e. The van der Waals surface area contributed by atoms with E-state index in [0.29, 0.717) is 6.04 Å². The SMILES string of the molecule is CC1SCCN(CCc2cccc(N)c2)C1C. The van der Waals surface area contributed by atoms with Crippen LogP contribution in [0.15, 0.2) is 24.3 Å². The molecule has 0 bridgehead atoms. The first-order valence-electron chi connectivity index (χ1n) is 6.37. The molecule has 2 rings (SSSR count). The molecule has 0 aromatic heterocycles. The fourth-order valence-electron chi connectivity index (χ4n) is 2.33. The molecule has 2 N–H and O–H groups in total. The normalized spacial score (nSPS) is 26.0. The van der Waals surface area contributed by atoms with Gasteiger partial charge in [0, 0.05) is 35.8 Å². The fourth-order valence-corrected chi connectivity index (χ4v) is 3.49. The summed E-state index contributed by atoms with van der Waals surface area (Å²) in [7, 11) is 0. The van der Waals surface area contributed by atoms with Crippen LogP contribution >= 0.6 is 11.8 Å². The Bertz CT molecular complexity index is 367. The minimum Gasteiger partial charge on any atom is -0.399 e. The second kappa shape index (κ2) is 5.78. The third kappa shape index (κ3) is 3.39. The molecule has 2 nitrogen and oxygen atoms in total. The molecule has 0 saturated carbocycles. The van der Waals surface area contributed by atoms with E-state index in [2.05, 4.69) is 42.6 Å². The van der Waals surface area contributed by atoms with Crippen LogP contribution in [0.2, 0.25) is 0 Å². The van der Waals surface area contributed by atoms with Gasteiger partial charge in [-0.3, -0.25) is 4.90 Å². The van der Waals surface area contributed by atoms with Gasteiger partial charge in [-0.2, -0.15) is 11.8 Å². The van der Waals surface area contributed by atoms with Crippen molar-refractivity contribution in [2.45, 2.75) is 31.6 Å². The highest BCUT2D eigenvalue weighted by Crippen LogP contribution is 2.24. The van der Waals surface area contributed by atoms with Crippen LogP contribution in [0.1, 0.15) is 19.4 Å². The summed E-state index contributed by atoms with van der Waals surface area (Å²) in [6, 6.07) is 8.94. The Labute approximate surface area is 109 Å². The van der Waals surface area contributed by atoms with Crippen LogP contribution in [0.4, 0.5) is 5.69 Å². The van der Waals surface area contributed by atoms with Crippen molar-refractivity contribution in [3.8, 4) is 0 Å². The maximum absolute atomic E-state index is 5.80. The quantitative estimate of drug-likeness (QED) is 0.836. The Kier molecular flexibility index (Phi) is 4.35. The number of thioether (sulfide) groups is 1. The molecule has 3 heteroatoms. The summed E-state index contributed by atoms with van der Waals surface area (Å²) in [6.45, 7) is 7.05. The Balaban J connectivity index is 1.89. The lowest BCUT2D eigenvalue weighted by Crippen LogP contribution is -2.45. The van der Waals surface area contributed by atoms with Gasteiger partial charge < -0.3 is 5.73 Å². The van der Waals surface area contributed by atoms with Crippen molar-refractivity contribution in [1.82, 2.24) is 4.90 Å². The van der Waals surface area contributed by atoms with E-state index in [9.17, 15) is 0 Å². The van der Waals surface area contributed by atoms with Gasteiger partial charge in [-0.1, -0.05) is 19.1 Å². The van der Waals surface area contributed by atoms with Crippen molar-refractivity contribution >= 4 is 17.4 Å². The Morgan fingerprint density at radius 3 is 3.00 bits per heavy atom. The summed E-state index contributed by atoms with van der Waals surface area (Å²) in [6.07, 6.45) is 1.10. The van der Waals surface area contributed by atoms with Crippen molar-refractivity contribution in [1.29, 1.82) is 0 Å². The summed E-state index contributed by atoms with van der Waals surface area (Å²) < 4.78 is 0. The highest BCUT2D eigenvalue weighted by Gasteiger charge is 2.24. The maximum atomic E-state index is 5.80. The van der Waals surface area contributed by atoms with E-state index in [1.807, 2.05) is 12.1 Å². The Morgan fingerprint density at radius 1 is 1.41 bits per heavy atom. The van der Waals surface area contributed by atoms with Crippen molar-refractivity contribution < 1.29 is 0 Å². The number of benzene rings is 1. The molecule has 0 amide bonds. The van der Waals surface area contributed by atoms with E-state index in [-0.39, 0.29) is 0 Å². The lowest BCUT2D eigenvalue weighted by atomic mass is 10.1. The van der Waals surface area contributed by atoms with Crippen molar-refractivity contribution in [2.75, 3.05) is 24.6 Å². The van der Waals surface area contributed by atoms with Crippen molar-refractivity contribution in [3.63, 3.8) is 0 Å². The Hall–Kier alpha value is -0.670. The van der Waals surface area contributed by atoms with E-state index in [4.69, 9.17) is 5.73 Å². The number of rotatable bonds is 3. The molecule has 0 aliphatic carbocycles. The predicted molar refractivity (Wildman–Crippen MR) is 77.5 cm³/mol. The number of anilines is 1. The van der Waals surface area contributed by atoms with Crippen molar-refractivity contribution in [2.24, 2.45) is 0 Å². The first-order valence-corrected chi connectivity index (χ1v) is 7.42. The summed E-state index contributed by atoms with van der Waals surface area (Å²) in [5, 5.41) is 0.754. The molecule has 1 heterocycles. The third-order valence-corrected chi connectivity index (χ3v) is 4.99. The molecule has 1 aromatic carbocycles. The average molecular weight is 250 g/mol. The van der Waals surface area contributed by atoms with Crippen molar-refractivity contribution in [3.05, 3.63) is 29.8 Å². The topological polar surface area (TPSA) is 29.3 Å². The summed E-state index contributed by atoms with van der Waals surface area (Å²) in [5.74, 6) is 1.27. The lowest BCUT2D eigenvalue weighted by molar-refractivity contribution is 0.216. The summed E-state index contributed by atoms with van der Waals surface area (Å²) >= 11 is 2.09. The summed E-state index contributed by atoms with van der Waals surface area (Å²) in [5.41, 5.74) is 8.02. The predicted octanol–water partition coefficient (Wildman–Crippen LogP) is 2.64. The number of nitrogens with two attached hydrogens (primary N) is 1. The molecule has 1 saturated heterocycles. The van der Waals surface area contributed by atoms with Crippen LogP contribution in [0.3, 0.4) is 0 Å². The van der Waals surface area contributed by atoms with Gasteiger partial charge in [0.25, 0.3) is 0 Å². The van der Waals surface area contributed by atoms with Gasteiger partial charge in [0.15, 0.2) is 0 Å². The Morgan fingerprint density at radius 2 is 2.24 bits per heavy atom. The van der Waals surface area contributed by atoms with Crippen LogP contribution < -0.4 is 5.73 Å². The molecular weight excluding hydrogens is 228 g/mol. The molecule has 94 valence electrons. The molecule has 2 atom stereocenters. The second-order valence-electron chi connectivity index (χ2n) is 4.85. The minimum atomic E-state index is 0.690. The standard InChI is InChI=1S/C14H22N2S/c1-11-12(2)17-9-8-16(11)7-6-13-4-3-5-14(15)10-13/h3-5,10-12H,6-9,15H2,1-2H3. The van der Waals surface area contributed by atoms with Crippen LogP contribution in [-0.2, 0) is 6.42 Å². The molecule has 1 fully saturated rings. The summed E-state index contributed by atoms with van der Waals surface area (Å²) in [4.78, 5) is 2.60. The molecular formula is C14H22N2S. The average Bonchev–Trinajstić information content (AvgIpc) is 2.31. The zero-order chi connectivity index (χ0) is 12.3. The molecule has 1 aliphatic heterocycles. The van der Waals surface area contributed by atoms with Gasteiger partial charge >= 0.3 is 0 Å². The van der Waals surface area contributed by atoms with Gasteiger partial charge in [0.05, 0.1) is 0 Å². The fraction of sp³-hybridized carbons (Fsp3) is 0.571. The molecule has 1 aliphatic rings. The van der Waals surface area contributed by atoms with Gasteiger partial charge in [0.1, 0.15) is 0 Å². The molecule has 0 spiro atoms. The monoisotopic (exact) mass is 250 g/mol. The number of hydrogen-bond donors (Lipinski definition) is 1. The highest BCUT2D eigenvalue weighted by molar-refractivity contribution is 8.00. The van der Waals surface area contributed by atoms with E-state index >= 15 is 0 Å². The number of nitrogens with zero attached hydrogens (tertiary/aromatic N) is 1. The van der Waals surface area contributed by atoms with Crippen LogP contribution in [0.5, 0.6) is 0 Å². The molecule has 1 aromatic rings. The van der Waals surface area contributed by atoms with Gasteiger partial charge in [-0.15, -0.1) is 0 Å². The number of nitrogen functional groups attached to an aromatic ring is 1. The van der Waals surface area contributed by atoms with E-state index in [1.54, 1.807) is 0 Å². The smallest absolute Gasteiger partial charge is 0.0316 e. The minimum absolute atomic E-state index is 0.690. The van der Waals surface area contributed by atoms with Gasteiger partial charge in [-0.25, -0.2) is 0 Å². The molecule has 17 heavy (non-hydrogen) atoms. The zero-order valence-electron chi connectivity index (χ0n) is 10.7. The first-order chi connectivity index (χ1) is 8.16. The lowest BCUT2D eigenvalue weighted by Gasteiger charge is -2.37. The first kappa shape index (κ1) is 12.8. The van der Waals surface area contributed by atoms with Crippen LogP contribution in [0.25, 0.3) is 0 Å². The zero-order valence-corrected chi connectivity index (χ0v) is 11.5. The number of hydrogen-bond acceptors (Lipinski definition) is 3. The third-order valence-electron chi connectivity index (χ3n) is 3.65. The van der Waals surface area contributed by atoms with E-state index in [1.165, 1.54) is 17.9 Å².